The van der Waals surface area contributed by atoms with Crippen LogP contribution in [0, 0.1) is 0 Å². The number of nitrogens with zero attached hydrogens (tertiary/aromatic N) is 2. The lowest BCUT2D eigenvalue weighted by atomic mass is 10.2. The van der Waals surface area contributed by atoms with Crippen molar-refractivity contribution in [2.75, 3.05) is 51.2 Å². The van der Waals surface area contributed by atoms with Gasteiger partial charge in [0, 0.05) is 51.2 Å². The van der Waals surface area contributed by atoms with Crippen molar-refractivity contribution < 1.29 is 9.53 Å². The topological polar surface area (TPSA) is 78.5 Å². The zero-order chi connectivity index (χ0) is 18.9. The highest BCUT2D eigenvalue weighted by Crippen LogP contribution is 2.21. The quantitative estimate of drug-likeness (QED) is 0.659. The van der Waals surface area contributed by atoms with Crippen LogP contribution in [0.25, 0.3) is 0 Å². The van der Waals surface area contributed by atoms with Crippen molar-refractivity contribution in [3.63, 3.8) is 0 Å². The van der Waals surface area contributed by atoms with E-state index >= 15 is 0 Å². The summed E-state index contributed by atoms with van der Waals surface area (Å²) in [7, 11) is 0. The van der Waals surface area contributed by atoms with Gasteiger partial charge in [0.05, 0.1) is 12.2 Å². The number of benzene rings is 1. The van der Waals surface area contributed by atoms with E-state index in [4.69, 9.17) is 4.74 Å². The number of ether oxygens (including phenoxy) is 1. The van der Waals surface area contributed by atoms with E-state index in [0.717, 1.165) is 44.2 Å². The number of pyridine rings is 1. The van der Waals surface area contributed by atoms with E-state index in [-0.39, 0.29) is 5.91 Å². The first-order chi connectivity index (χ1) is 13.3. The maximum absolute atomic E-state index is 12.6. The molecular weight excluding hydrogens is 342 g/mol. The molecular formula is C20H27N5O2. The van der Waals surface area contributed by atoms with Gasteiger partial charge in [-0.3, -0.25) is 9.69 Å². The van der Waals surface area contributed by atoms with E-state index in [9.17, 15) is 4.79 Å². The fourth-order valence-electron chi connectivity index (χ4n) is 2.98. The smallest absolute Gasteiger partial charge is 0.255 e. The Labute approximate surface area is 160 Å². The molecule has 0 unspecified atom stereocenters. The van der Waals surface area contributed by atoms with Crippen molar-refractivity contribution >= 4 is 17.4 Å². The zero-order valence-electron chi connectivity index (χ0n) is 15.7. The van der Waals surface area contributed by atoms with Gasteiger partial charge in [0.1, 0.15) is 11.6 Å². The maximum atomic E-state index is 12.6. The molecule has 1 aromatic carbocycles. The zero-order valence-corrected chi connectivity index (χ0v) is 15.7. The van der Waals surface area contributed by atoms with E-state index in [1.165, 1.54) is 0 Å². The third kappa shape index (κ3) is 5.67. The number of carbonyl (C=O) groups is 1. The second-order valence-electron chi connectivity index (χ2n) is 6.33. The number of nitrogens with one attached hydrogen (secondary N) is 3. The van der Waals surface area contributed by atoms with Gasteiger partial charge in [0.25, 0.3) is 5.91 Å². The molecule has 1 amide bonds. The van der Waals surface area contributed by atoms with Gasteiger partial charge in [-0.1, -0.05) is 0 Å². The van der Waals surface area contributed by atoms with Crippen molar-refractivity contribution in [3.05, 3.63) is 48.2 Å². The molecule has 144 valence electrons. The molecule has 7 heteroatoms. The lowest BCUT2D eigenvalue weighted by Crippen LogP contribution is -2.46. The molecule has 0 aliphatic carbocycles. The van der Waals surface area contributed by atoms with Crippen molar-refractivity contribution in [1.29, 1.82) is 0 Å². The molecule has 0 saturated carbocycles. The molecule has 0 atom stereocenters. The number of piperazine rings is 1. The summed E-state index contributed by atoms with van der Waals surface area (Å²) in [6.45, 7) is 8.12. The molecule has 2 aromatic rings. The summed E-state index contributed by atoms with van der Waals surface area (Å²) in [4.78, 5) is 19.3. The largest absolute Gasteiger partial charge is 0.494 e. The fraction of sp³-hybridized carbons (Fsp3) is 0.400. The summed E-state index contributed by atoms with van der Waals surface area (Å²) >= 11 is 0. The monoisotopic (exact) mass is 369 g/mol. The van der Waals surface area contributed by atoms with Gasteiger partial charge in [-0.25, -0.2) is 4.98 Å². The number of rotatable bonds is 8. The minimum atomic E-state index is -0.119. The number of hydrogen-bond acceptors (Lipinski definition) is 6. The maximum Gasteiger partial charge on any atom is 0.255 e. The van der Waals surface area contributed by atoms with Crippen LogP contribution in [0.1, 0.15) is 17.3 Å². The molecule has 3 rings (SSSR count). The summed E-state index contributed by atoms with van der Waals surface area (Å²) < 4.78 is 5.45. The van der Waals surface area contributed by atoms with Gasteiger partial charge in [-0.2, -0.15) is 0 Å². The van der Waals surface area contributed by atoms with Crippen LogP contribution in [-0.4, -0.2) is 61.7 Å². The second kappa shape index (κ2) is 9.89. The average Bonchev–Trinajstić information content (AvgIpc) is 2.71. The lowest BCUT2D eigenvalue weighted by Gasteiger charge is -2.27. The Hall–Kier alpha value is -2.64. The molecule has 0 bridgehead atoms. The molecule has 1 saturated heterocycles. The number of amides is 1. The first-order valence-electron chi connectivity index (χ1n) is 9.42. The van der Waals surface area contributed by atoms with Crippen LogP contribution >= 0.6 is 0 Å². The summed E-state index contributed by atoms with van der Waals surface area (Å²) in [6.07, 6.45) is 1.68. The standard InChI is InChI=1S/C20H27N5O2/c1-2-27-17-7-5-16(6-8-17)24-19-18(4-3-9-22-19)20(26)23-12-15-25-13-10-21-11-14-25/h3-9,21H,2,10-15H2,1H3,(H,22,24)(H,23,26). The highest BCUT2D eigenvalue weighted by molar-refractivity contribution is 5.99. The van der Waals surface area contributed by atoms with E-state index in [1.807, 2.05) is 31.2 Å². The van der Waals surface area contributed by atoms with Crippen LogP contribution in [0.15, 0.2) is 42.6 Å². The molecule has 3 N–H and O–H groups in total. The average molecular weight is 369 g/mol. The molecule has 1 fully saturated rings. The van der Waals surface area contributed by atoms with E-state index in [2.05, 4.69) is 25.8 Å². The molecule has 0 radical (unpaired) electrons. The molecule has 2 heterocycles. The van der Waals surface area contributed by atoms with Gasteiger partial charge < -0.3 is 20.7 Å². The first kappa shape index (κ1) is 19.1. The van der Waals surface area contributed by atoms with E-state index < -0.39 is 0 Å². The number of anilines is 2. The normalized spacial score (nSPS) is 14.6. The molecule has 27 heavy (non-hydrogen) atoms. The molecule has 1 aromatic heterocycles. The van der Waals surface area contributed by atoms with Crippen LogP contribution in [-0.2, 0) is 0 Å². The Balaban J connectivity index is 1.58. The fourth-order valence-corrected chi connectivity index (χ4v) is 2.98. The molecule has 1 aliphatic heterocycles. The summed E-state index contributed by atoms with van der Waals surface area (Å²) in [5.41, 5.74) is 1.39. The highest BCUT2D eigenvalue weighted by Gasteiger charge is 2.14. The van der Waals surface area contributed by atoms with Gasteiger partial charge in [0.15, 0.2) is 0 Å². The Bertz CT molecular complexity index is 729. The van der Waals surface area contributed by atoms with Crippen LogP contribution in [0.4, 0.5) is 11.5 Å². The van der Waals surface area contributed by atoms with Gasteiger partial charge >= 0.3 is 0 Å². The van der Waals surface area contributed by atoms with Crippen molar-refractivity contribution in [3.8, 4) is 5.75 Å². The number of aromatic nitrogens is 1. The number of hydrogen-bond donors (Lipinski definition) is 3. The third-order valence-electron chi connectivity index (χ3n) is 4.40. The summed E-state index contributed by atoms with van der Waals surface area (Å²) in [5.74, 6) is 1.24. The SMILES string of the molecule is CCOc1ccc(Nc2ncccc2C(=O)NCCN2CCNCC2)cc1. The second-order valence-corrected chi connectivity index (χ2v) is 6.33. The predicted molar refractivity (Wildman–Crippen MR) is 107 cm³/mol. The van der Waals surface area contributed by atoms with Crippen LogP contribution in [0.2, 0.25) is 0 Å². The Morgan fingerprint density at radius 1 is 1.22 bits per heavy atom. The van der Waals surface area contributed by atoms with E-state index in [0.29, 0.717) is 24.5 Å². The Morgan fingerprint density at radius 3 is 2.74 bits per heavy atom. The van der Waals surface area contributed by atoms with Gasteiger partial charge in [-0.05, 0) is 43.3 Å². The van der Waals surface area contributed by atoms with E-state index in [1.54, 1.807) is 18.3 Å². The highest BCUT2D eigenvalue weighted by atomic mass is 16.5. The minimum absolute atomic E-state index is 0.119. The molecule has 1 aliphatic rings. The van der Waals surface area contributed by atoms with Crippen molar-refractivity contribution in [2.45, 2.75) is 6.92 Å². The van der Waals surface area contributed by atoms with Crippen LogP contribution < -0.4 is 20.7 Å². The lowest BCUT2D eigenvalue weighted by molar-refractivity contribution is 0.0948. The van der Waals surface area contributed by atoms with Crippen molar-refractivity contribution in [2.24, 2.45) is 0 Å². The number of carbonyl (C=O) groups excluding carboxylic acids is 1. The summed E-state index contributed by atoms with van der Waals surface area (Å²) in [5, 5.41) is 9.54. The molecule has 0 spiro atoms. The molecule has 7 nitrogen and oxygen atoms in total. The predicted octanol–water partition coefficient (Wildman–Crippen LogP) is 1.86. The Kier molecular flexibility index (Phi) is 7.01. The summed E-state index contributed by atoms with van der Waals surface area (Å²) in [6, 6.07) is 11.2. The van der Waals surface area contributed by atoms with Crippen molar-refractivity contribution in [1.82, 2.24) is 20.5 Å². The minimum Gasteiger partial charge on any atom is -0.494 e. The Morgan fingerprint density at radius 2 is 2.00 bits per heavy atom. The van der Waals surface area contributed by atoms with Crippen LogP contribution in [0.5, 0.6) is 5.75 Å². The first-order valence-corrected chi connectivity index (χ1v) is 9.42. The van der Waals surface area contributed by atoms with Gasteiger partial charge in [0.2, 0.25) is 0 Å². The van der Waals surface area contributed by atoms with Crippen LogP contribution in [0.3, 0.4) is 0 Å². The third-order valence-corrected chi connectivity index (χ3v) is 4.40. The van der Waals surface area contributed by atoms with Gasteiger partial charge in [-0.15, -0.1) is 0 Å².